The standard InChI is InChI=1S/C18H18ClNO6/c1-9-6-15-14(26-15)5-3-2-4-10(20-24)7-11-16(18(23)25-9)12(21)8-13(22)17(11)19/h2-5,8-9,14-15,21-22,24H,6-7H2,1H3/b4-2+,5-3-,20-10+/t9-,14+,15+/m1/s1. The smallest absolute Gasteiger partial charge is 0.342 e. The summed E-state index contributed by atoms with van der Waals surface area (Å²) in [6.45, 7) is 1.73. The fourth-order valence-electron chi connectivity index (χ4n) is 2.86. The number of nitrogens with zero attached hydrogens (tertiary/aromatic N) is 1. The third kappa shape index (κ3) is 3.84. The molecule has 1 aromatic rings. The monoisotopic (exact) mass is 379 g/mol. The number of halogens is 1. The van der Waals surface area contributed by atoms with E-state index in [9.17, 15) is 20.2 Å². The fraction of sp³-hybridized carbons (Fsp3) is 0.333. The van der Waals surface area contributed by atoms with Crippen LogP contribution >= 0.6 is 11.6 Å². The highest BCUT2D eigenvalue weighted by Gasteiger charge is 2.38. The number of carbonyl (C=O) groups excluding carboxylic acids is 1. The Morgan fingerprint density at radius 3 is 2.77 bits per heavy atom. The minimum atomic E-state index is -0.780. The first-order valence-electron chi connectivity index (χ1n) is 8.06. The van der Waals surface area contributed by atoms with Gasteiger partial charge in [0.15, 0.2) is 0 Å². The van der Waals surface area contributed by atoms with Crippen LogP contribution in [-0.2, 0) is 15.9 Å². The number of phenolic OH excluding ortho intramolecular Hbond substituents is 2. The van der Waals surface area contributed by atoms with Crippen molar-refractivity contribution in [3.8, 4) is 11.5 Å². The number of fused-ring (bicyclic) bond motifs is 2. The molecule has 0 bridgehead atoms. The molecule has 2 heterocycles. The summed E-state index contributed by atoms with van der Waals surface area (Å²) < 4.78 is 10.9. The molecule has 1 fully saturated rings. The predicted molar refractivity (Wildman–Crippen MR) is 94.1 cm³/mol. The Morgan fingerprint density at radius 1 is 1.27 bits per heavy atom. The van der Waals surface area contributed by atoms with Gasteiger partial charge >= 0.3 is 5.97 Å². The topological polar surface area (TPSA) is 112 Å². The molecule has 3 rings (SSSR count). The van der Waals surface area contributed by atoms with Gasteiger partial charge in [0, 0.05) is 18.9 Å². The van der Waals surface area contributed by atoms with E-state index in [0.29, 0.717) is 6.42 Å². The highest BCUT2D eigenvalue weighted by molar-refractivity contribution is 6.33. The summed E-state index contributed by atoms with van der Waals surface area (Å²) in [5.41, 5.74) is 0.115. The van der Waals surface area contributed by atoms with Crippen molar-refractivity contribution in [2.24, 2.45) is 5.16 Å². The number of benzene rings is 1. The molecular formula is C18H18ClNO6. The number of rotatable bonds is 0. The zero-order valence-electron chi connectivity index (χ0n) is 13.9. The summed E-state index contributed by atoms with van der Waals surface area (Å²) in [7, 11) is 0. The quantitative estimate of drug-likeness (QED) is 0.276. The van der Waals surface area contributed by atoms with Crippen LogP contribution in [0.15, 0.2) is 35.5 Å². The molecule has 0 aromatic heterocycles. The van der Waals surface area contributed by atoms with Crippen LogP contribution in [0.2, 0.25) is 5.02 Å². The molecule has 0 aliphatic carbocycles. The van der Waals surface area contributed by atoms with E-state index in [-0.39, 0.29) is 46.2 Å². The van der Waals surface area contributed by atoms with Gasteiger partial charge in [0.25, 0.3) is 0 Å². The van der Waals surface area contributed by atoms with Crippen LogP contribution < -0.4 is 0 Å². The number of hydrogen-bond acceptors (Lipinski definition) is 7. The van der Waals surface area contributed by atoms with Gasteiger partial charge in [0.1, 0.15) is 29.3 Å². The number of hydrogen-bond donors (Lipinski definition) is 3. The van der Waals surface area contributed by atoms with Crippen molar-refractivity contribution in [2.45, 2.75) is 38.1 Å². The van der Waals surface area contributed by atoms with Gasteiger partial charge in [-0.25, -0.2) is 4.79 Å². The number of allylic oxidation sites excluding steroid dienone is 3. The van der Waals surface area contributed by atoms with Crippen molar-refractivity contribution in [2.75, 3.05) is 0 Å². The van der Waals surface area contributed by atoms with Gasteiger partial charge in [0.05, 0.1) is 16.8 Å². The molecule has 8 heteroatoms. The average Bonchev–Trinajstić information content (AvgIpc) is 3.31. The molecule has 7 nitrogen and oxygen atoms in total. The first kappa shape index (κ1) is 18.3. The zero-order valence-corrected chi connectivity index (χ0v) is 14.7. The van der Waals surface area contributed by atoms with Gasteiger partial charge in [-0.3, -0.25) is 0 Å². The Labute approximate surface area is 154 Å². The average molecular weight is 380 g/mol. The molecule has 1 aromatic carbocycles. The lowest BCUT2D eigenvalue weighted by atomic mass is 9.99. The number of aromatic hydroxyl groups is 2. The Morgan fingerprint density at radius 2 is 2.04 bits per heavy atom. The molecule has 0 spiro atoms. The normalized spacial score (nSPS) is 29.8. The number of carbonyl (C=O) groups is 1. The summed E-state index contributed by atoms with van der Waals surface area (Å²) >= 11 is 6.12. The zero-order chi connectivity index (χ0) is 18.8. The molecule has 0 radical (unpaired) electrons. The van der Waals surface area contributed by atoms with Crippen molar-refractivity contribution >= 4 is 23.3 Å². The van der Waals surface area contributed by atoms with Crippen molar-refractivity contribution in [3.05, 3.63) is 46.5 Å². The molecule has 0 amide bonds. The van der Waals surface area contributed by atoms with Crippen molar-refractivity contribution in [1.82, 2.24) is 0 Å². The van der Waals surface area contributed by atoms with E-state index in [1.165, 1.54) is 6.08 Å². The van der Waals surface area contributed by atoms with Crippen LogP contribution in [0.5, 0.6) is 11.5 Å². The van der Waals surface area contributed by atoms with Crippen molar-refractivity contribution in [1.29, 1.82) is 0 Å². The SMILES string of the molecule is C[C@@H]1C[C@@H]2O[C@H]2\C=C/C=C/C(=N\O)Cc2c(Cl)c(O)cc(O)c2C(=O)O1. The molecule has 3 N–H and O–H groups in total. The fourth-order valence-corrected chi connectivity index (χ4v) is 3.07. The minimum Gasteiger partial charge on any atom is -0.507 e. The lowest BCUT2D eigenvalue weighted by Crippen LogP contribution is -2.19. The Bertz CT molecular complexity index is 816. The van der Waals surface area contributed by atoms with E-state index < -0.39 is 17.8 Å². The number of cyclic esters (lactones) is 1. The minimum absolute atomic E-state index is 0.0483. The van der Waals surface area contributed by atoms with Crippen LogP contribution in [0, 0.1) is 0 Å². The van der Waals surface area contributed by atoms with Crippen LogP contribution in [-0.4, -0.2) is 45.4 Å². The van der Waals surface area contributed by atoms with Crippen LogP contribution in [0.3, 0.4) is 0 Å². The summed E-state index contributed by atoms with van der Waals surface area (Å²) in [4.78, 5) is 12.6. The number of phenols is 2. The van der Waals surface area contributed by atoms with Crippen LogP contribution in [0.4, 0.5) is 0 Å². The number of oxime groups is 1. The molecule has 2 aliphatic rings. The predicted octanol–water partition coefficient (Wildman–Crippen LogP) is 2.95. The highest BCUT2D eigenvalue weighted by Crippen LogP contribution is 2.37. The van der Waals surface area contributed by atoms with Crippen molar-refractivity contribution < 1.29 is 29.7 Å². The maximum Gasteiger partial charge on any atom is 0.342 e. The van der Waals surface area contributed by atoms with E-state index in [0.717, 1.165) is 6.07 Å². The molecule has 2 aliphatic heterocycles. The third-order valence-corrected chi connectivity index (χ3v) is 4.63. The lowest BCUT2D eigenvalue weighted by Gasteiger charge is -2.17. The molecule has 26 heavy (non-hydrogen) atoms. The summed E-state index contributed by atoms with van der Waals surface area (Å²) in [5, 5.41) is 32.3. The maximum absolute atomic E-state index is 12.6. The highest BCUT2D eigenvalue weighted by atomic mass is 35.5. The molecule has 3 atom stereocenters. The number of ether oxygens (including phenoxy) is 2. The molecule has 0 saturated carbocycles. The first-order valence-corrected chi connectivity index (χ1v) is 8.44. The van der Waals surface area contributed by atoms with Crippen LogP contribution in [0.1, 0.15) is 29.3 Å². The summed E-state index contributed by atoms with van der Waals surface area (Å²) in [6, 6.07) is 0.977. The largest absolute Gasteiger partial charge is 0.507 e. The Balaban J connectivity index is 2.05. The van der Waals surface area contributed by atoms with E-state index >= 15 is 0 Å². The second-order valence-electron chi connectivity index (χ2n) is 6.19. The number of epoxide rings is 1. The molecule has 138 valence electrons. The Kier molecular flexibility index (Phi) is 5.20. The molecule has 0 unspecified atom stereocenters. The van der Waals surface area contributed by atoms with Gasteiger partial charge in [0.2, 0.25) is 0 Å². The van der Waals surface area contributed by atoms with E-state index in [1.54, 1.807) is 19.1 Å². The summed E-state index contributed by atoms with van der Waals surface area (Å²) in [6.07, 6.45) is 6.68. The third-order valence-electron chi connectivity index (χ3n) is 4.21. The maximum atomic E-state index is 12.6. The summed E-state index contributed by atoms with van der Waals surface area (Å²) in [5.74, 6) is -1.63. The molecular weight excluding hydrogens is 362 g/mol. The second-order valence-corrected chi connectivity index (χ2v) is 6.56. The van der Waals surface area contributed by atoms with Gasteiger partial charge in [-0.05, 0) is 18.6 Å². The van der Waals surface area contributed by atoms with E-state index in [4.69, 9.17) is 21.1 Å². The van der Waals surface area contributed by atoms with E-state index in [2.05, 4.69) is 5.16 Å². The van der Waals surface area contributed by atoms with Crippen LogP contribution in [0.25, 0.3) is 0 Å². The van der Waals surface area contributed by atoms with Gasteiger partial charge < -0.3 is 24.9 Å². The van der Waals surface area contributed by atoms with Crippen molar-refractivity contribution in [3.63, 3.8) is 0 Å². The van der Waals surface area contributed by atoms with E-state index in [1.807, 2.05) is 6.08 Å². The second kappa shape index (κ2) is 7.39. The number of esters is 1. The van der Waals surface area contributed by atoms with Gasteiger partial charge in [-0.15, -0.1) is 0 Å². The van der Waals surface area contributed by atoms with Gasteiger partial charge in [-0.2, -0.15) is 0 Å². The Hall–Kier alpha value is -2.51. The lowest BCUT2D eigenvalue weighted by molar-refractivity contribution is 0.0306. The molecule has 1 saturated heterocycles. The first-order chi connectivity index (χ1) is 12.4. The van der Waals surface area contributed by atoms with Gasteiger partial charge in [-0.1, -0.05) is 35.0 Å².